The van der Waals surface area contributed by atoms with Crippen molar-refractivity contribution in [3.63, 3.8) is 0 Å². The van der Waals surface area contributed by atoms with Gasteiger partial charge < -0.3 is 10.1 Å². The lowest BCUT2D eigenvalue weighted by Gasteiger charge is -2.39. The summed E-state index contributed by atoms with van der Waals surface area (Å²) in [6, 6.07) is 0.650. The van der Waals surface area contributed by atoms with E-state index in [2.05, 4.69) is 37.9 Å². The minimum Gasteiger partial charge on any atom is -0.376 e. The molecule has 3 nitrogen and oxygen atoms in total. The zero-order valence-corrected chi connectivity index (χ0v) is 11.3. The highest BCUT2D eigenvalue weighted by Crippen LogP contribution is 2.16. The predicted octanol–water partition coefficient (Wildman–Crippen LogP) is 1.73. The maximum atomic E-state index is 5.71. The van der Waals surface area contributed by atoms with E-state index in [0.29, 0.717) is 18.1 Å². The fourth-order valence-electron chi connectivity index (χ4n) is 2.26. The number of rotatable bonds is 6. The van der Waals surface area contributed by atoms with Gasteiger partial charge in [0, 0.05) is 19.1 Å². The summed E-state index contributed by atoms with van der Waals surface area (Å²) >= 11 is 0. The Morgan fingerprint density at radius 3 is 2.75 bits per heavy atom. The Morgan fingerprint density at radius 2 is 2.12 bits per heavy atom. The Balaban J connectivity index is 2.36. The summed E-state index contributed by atoms with van der Waals surface area (Å²) in [5.74, 6) is 0.704. The molecule has 0 aromatic heterocycles. The van der Waals surface area contributed by atoms with Crippen molar-refractivity contribution in [3.8, 4) is 0 Å². The molecular weight excluding hydrogens is 200 g/mol. The second-order valence-electron chi connectivity index (χ2n) is 4.92. The van der Waals surface area contributed by atoms with Crippen LogP contribution in [0.25, 0.3) is 0 Å². The molecule has 0 aromatic carbocycles. The molecule has 3 unspecified atom stereocenters. The highest BCUT2D eigenvalue weighted by molar-refractivity contribution is 4.79. The highest BCUT2D eigenvalue weighted by atomic mass is 16.5. The quantitative estimate of drug-likeness (QED) is 0.749. The molecule has 3 atom stereocenters. The van der Waals surface area contributed by atoms with E-state index < -0.39 is 0 Å². The van der Waals surface area contributed by atoms with Gasteiger partial charge in [-0.2, -0.15) is 0 Å². The molecule has 0 bridgehead atoms. The molecule has 16 heavy (non-hydrogen) atoms. The molecule has 0 amide bonds. The lowest BCUT2D eigenvalue weighted by Crippen LogP contribution is -2.49. The maximum absolute atomic E-state index is 5.71. The first-order valence-electron chi connectivity index (χ1n) is 6.75. The molecule has 0 spiro atoms. The molecule has 1 fully saturated rings. The Kier molecular flexibility index (Phi) is 6.32. The van der Waals surface area contributed by atoms with Gasteiger partial charge >= 0.3 is 0 Å². The average molecular weight is 228 g/mol. The number of morpholine rings is 1. The molecule has 96 valence electrons. The zero-order valence-electron chi connectivity index (χ0n) is 11.3. The summed E-state index contributed by atoms with van der Waals surface area (Å²) in [6.45, 7) is 14.3. The van der Waals surface area contributed by atoms with Gasteiger partial charge in [-0.1, -0.05) is 20.8 Å². The van der Waals surface area contributed by atoms with Gasteiger partial charge in [-0.05, 0) is 32.4 Å². The zero-order chi connectivity index (χ0) is 12.0. The SMILES string of the molecule is CCNCC(C)C(C)N1CCOC(CC)C1. The van der Waals surface area contributed by atoms with Crippen molar-refractivity contribution in [3.05, 3.63) is 0 Å². The second kappa shape index (κ2) is 7.25. The Morgan fingerprint density at radius 1 is 1.38 bits per heavy atom. The van der Waals surface area contributed by atoms with Crippen LogP contribution in [0.4, 0.5) is 0 Å². The molecule has 1 heterocycles. The third kappa shape index (κ3) is 4.04. The fourth-order valence-corrected chi connectivity index (χ4v) is 2.26. The number of ether oxygens (including phenoxy) is 1. The van der Waals surface area contributed by atoms with Crippen LogP contribution in [-0.2, 0) is 4.74 Å². The van der Waals surface area contributed by atoms with E-state index in [-0.39, 0.29) is 0 Å². The number of nitrogens with zero attached hydrogens (tertiary/aromatic N) is 1. The summed E-state index contributed by atoms with van der Waals surface area (Å²) in [6.07, 6.45) is 1.58. The first-order chi connectivity index (χ1) is 7.69. The van der Waals surface area contributed by atoms with Gasteiger partial charge in [0.25, 0.3) is 0 Å². The summed E-state index contributed by atoms with van der Waals surface area (Å²) in [5.41, 5.74) is 0. The van der Waals surface area contributed by atoms with Crippen LogP contribution in [0.15, 0.2) is 0 Å². The van der Waals surface area contributed by atoms with Crippen LogP contribution < -0.4 is 5.32 Å². The molecule has 0 radical (unpaired) electrons. The number of hydrogen-bond donors (Lipinski definition) is 1. The summed E-state index contributed by atoms with van der Waals surface area (Å²) < 4.78 is 5.71. The van der Waals surface area contributed by atoms with Crippen LogP contribution in [0.1, 0.15) is 34.1 Å². The second-order valence-corrected chi connectivity index (χ2v) is 4.92. The smallest absolute Gasteiger partial charge is 0.0700 e. The summed E-state index contributed by atoms with van der Waals surface area (Å²) in [7, 11) is 0. The van der Waals surface area contributed by atoms with E-state index in [0.717, 1.165) is 39.2 Å². The van der Waals surface area contributed by atoms with Gasteiger partial charge in [0.1, 0.15) is 0 Å². The molecule has 1 N–H and O–H groups in total. The lowest BCUT2D eigenvalue weighted by molar-refractivity contribution is -0.0487. The molecule has 3 heteroatoms. The number of hydrogen-bond acceptors (Lipinski definition) is 3. The molecule has 1 saturated heterocycles. The van der Waals surface area contributed by atoms with Crippen LogP contribution in [0.2, 0.25) is 0 Å². The van der Waals surface area contributed by atoms with Crippen LogP contribution >= 0.6 is 0 Å². The molecule has 0 aliphatic carbocycles. The Bertz CT molecular complexity index is 187. The van der Waals surface area contributed by atoms with Gasteiger partial charge in [-0.25, -0.2) is 0 Å². The minimum absolute atomic E-state index is 0.447. The third-order valence-electron chi connectivity index (χ3n) is 3.74. The first kappa shape index (κ1) is 13.9. The summed E-state index contributed by atoms with van der Waals surface area (Å²) in [4.78, 5) is 2.58. The van der Waals surface area contributed by atoms with Gasteiger partial charge in [-0.3, -0.25) is 4.90 Å². The fraction of sp³-hybridized carbons (Fsp3) is 1.00. The van der Waals surface area contributed by atoms with Crippen molar-refractivity contribution >= 4 is 0 Å². The standard InChI is InChI=1S/C13H28N2O/c1-5-13-10-15(7-8-16-13)12(4)11(3)9-14-6-2/h11-14H,5-10H2,1-4H3. The van der Waals surface area contributed by atoms with Gasteiger partial charge in [0.15, 0.2) is 0 Å². The Hall–Kier alpha value is -0.120. The van der Waals surface area contributed by atoms with E-state index in [1.165, 1.54) is 0 Å². The highest BCUT2D eigenvalue weighted by Gasteiger charge is 2.25. The van der Waals surface area contributed by atoms with Gasteiger partial charge in [0.2, 0.25) is 0 Å². The van der Waals surface area contributed by atoms with Crippen LogP contribution in [0.3, 0.4) is 0 Å². The predicted molar refractivity (Wildman–Crippen MR) is 68.8 cm³/mol. The first-order valence-corrected chi connectivity index (χ1v) is 6.75. The van der Waals surface area contributed by atoms with Crippen molar-refractivity contribution < 1.29 is 4.74 Å². The van der Waals surface area contributed by atoms with Gasteiger partial charge in [-0.15, -0.1) is 0 Å². The van der Waals surface area contributed by atoms with Crippen molar-refractivity contribution in [2.45, 2.75) is 46.3 Å². The lowest BCUT2D eigenvalue weighted by atomic mass is 10.0. The van der Waals surface area contributed by atoms with Crippen LogP contribution in [0.5, 0.6) is 0 Å². The number of nitrogens with one attached hydrogen (secondary N) is 1. The van der Waals surface area contributed by atoms with Crippen molar-refractivity contribution in [2.75, 3.05) is 32.8 Å². The summed E-state index contributed by atoms with van der Waals surface area (Å²) in [5, 5.41) is 3.44. The largest absolute Gasteiger partial charge is 0.376 e. The van der Waals surface area contributed by atoms with E-state index in [1.54, 1.807) is 0 Å². The van der Waals surface area contributed by atoms with Crippen molar-refractivity contribution in [2.24, 2.45) is 5.92 Å². The van der Waals surface area contributed by atoms with Crippen LogP contribution in [-0.4, -0.2) is 49.8 Å². The normalized spacial score (nSPS) is 26.6. The molecule has 1 aliphatic heterocycles. The average Bonchev–Trinajstić information content (AvgIpc) is 2.35. The van der Waals surface area contributed by atoms with E-state index >= 15 is 0 Å². The van der Waals surface area contributed by atoms with E-state index in [1.807, 2.05) is 0 Å². The monoisotopic (exact) mass is 228 g/mol. The minimum atomic E-state index is 0.447. The van der Waals surface area contributed by atoms with Crippen LogP contribution in [0, 0.1) is 5.92 Å². The Labute approximate surface area is 101 Å². The third-order valence-corrected chi connectivity index (χ3v) is 3.74. The molecule has 0 saturated carbocycles. The molecule has 0 aromatic rings. The van der Waals surface area contributed by atoms with Gasteiger partial charge in [0.05, 0.1) is 12.7 Å². The van der Waals surface area contributed by atoms with Crippen molar-refractivity contribution in [1.29, 1.82) is 0 Å². The molecular formula is C13H28N2O. The maximum Gasteiger partial charge on any atom is 0.0700 e. The van der Waals surface area contributed by atoms with E-state index in [9.17, 15) is 0 Å². The molecule has 1 rings (SSSR count). The molecule has 1 aliphatic rings. The van der Waals surface area contributed by atoms with E-state index in [4.69, 9.17) is 4.74 Å². The van der Waals surface area contributed by atoms with Crippen molar-refractivity contribution in [1.82, 2.24) is 10.2 Å². The topological polar surface area (TPSA) is 24.5 Å².